The predicted octanol–water partition coefficient (Wildman–Crippen LogP) is 0.214. The van der Waals surface area contributed by atoms with Gasteiger partial charge in [-0.05, 0) is 6.92 Å². The summed E-state index contributed by atoms with van der Waals surface area (Å²) in [4.78, 5) is 23.1. The van der Waals surface area contributed by atoms with Crippen molar-refractivity contribution in [2.75, 3.05) is 13.2 Å². The van der Waals surface area contributed by atoms with Crippen molar-refractivity contribution >= 4 is 5.97 Å². The first-order valence-electron chi connectivity index (χ1n) is 5.65. The number of hydrogen-bond donors (Lipinski definition) is 0. The molecule has 0 bridgehead atoms. The second-order valence-electron chi connectivity index (χ2n) is 3.56. The summed E-state index contributed by atoms with van der Waals surface area (Å²) < 4.78 is 11.4. The van der Waals surface area contributed by atoms with E-state index < -0.39 is 5.97 Å². The van der Waals surface area contributed by atoms with E-state index in [9.17, 15) is 4.79 Å². The van der Waals surface area contributed by atoms with Crippen LogP contribution in [-0.4, -0.2) is 43.9 Å². The van der Waals surface area contributed by atoms with Gasteiger partial charge < -0.3 is 9.47 Å². The van der Waals surface area contributed by atoms with Gasteiger partial charge in [-0.25, -0.2) is 19.4 Å². The number of ether oxygens (including phenoxy) is 2. The van der Waals surface area contributed by atoms with Gasteiger partial charge in [0.2, 0.25) is 0 Å². The second kappa shape index (κ2) is 5.89. The van der Waals surface area contributed by atoms with Gasteiger partial charge in [-0.2, -0.15) is 4.98 Å². The largest absolute Gasteiger partial charge is 0.463 e. The molecule has 100 valence electrons. The van der Waals surface area contributed by atoms with E-state index in [1.165, 1.54) is 11.0 Å². The average Bonchev–Trinajstić information content (AvgIpc) is 2.79. The van der Waals surface area contributed by atoms with Crippen LogP contribution in [0.5, 0.6) is 6.01 Å². The fourth-order valence-corrected chi connectivity index (χ4v) is 1.41. The lowest BCUT2D eigenvalue weighted by atomic mass is 10.3. The van der Waals surface area contributed by atoms with E-state index >= 15 is 0 Å². The van der Waals surface area contributed by atoms with Crippen LogP contribution in [0.1, 0.15) is 6.92 Å². The minimum atomic E-state index is -0.459. The molecule has 2 aromatic rings. The number of aromatic nitrogens is 5. The molecule has 0 unspecified atom stereocenters. The molecule has 2 heterocycles. The molecule has 2 aromatic heterocycles. The van der Waals surface area contributed by atoms with E-state index in [1.54, 1.807) is 26.4 Å². The summed E-state index contributed by atoms with van der Waals surface area (Å²) in [6, 6.07) is 0.106. The molecule has 0 radical (unpaired) electrons. The van der Waals surface area contributed by atoms with Gasteiger partial charge in [0, 0.05) is 19.4 Å². The molecule has 0 saturated carbocycles. The molecule has 0 atom stereocenters. The normalized spacial score (nSPS) is 10.2. The zero-order chi connectivity index (χ0) is 13.7. The quantitative estimate of drug-likeness (QED) is 0.712. The third kappa shape index (κ3) is 3.24. The minimum Gasteiger partial charge on any atom is -0.463 e. The van der Waals surface area contributed by atoms with E-state index in [0.717, 1.165) is 0 Å². The van der Waals surface area contributed by atoms with Crippen LogP contribution in [0.3, 0.4) is 0 Å². The molecule has 0 amide bonds. The molecule has 0 aliphatic carbocycles. The summed E-state index contributed by atoms with van der Waals surface area (Å²) in [5, 5.41) is 4.04. The average molecular weight is 263 g/mol. The molecule has 0 N–H and O–H groups in total. The predicted molar refractivity (Wildman–Crippen MR) is 64.2 cm³/mol. The zero-order valence-electron chi connectivity index (χ0n) is 10.6. The van der Waals surface area contributed by atoms with Crippen LogP contribution in [0, 0.1) is 0 Å². The Balaban J connectivity index is 2.07. The number of carbonyl (C=O) groups is 1. The van der Waals surface area contributed by atoms with Crippen LogP contribution in [0.4, 0.5) is 0 Å². The van der Waals surface area contributed by atoms with Crippen molar-refractivity contribution in [3.8, 4) is 17.4 Å². The SMILES string of the molecule is CCOC(=O)COc1nc(-c2cncnc2)n(C)n1. The third-order valence-electron chi connectivity index (χ3n) is 2.19. The molecule has 19 heavy (non-hydrogen) atoms. The topological polar surface area (TPSA) is 92.0 Å². The number of nitrogens with zero attached hydrogens (tertiary/aromatic N) is 5. The molecule has 0 aromatic carbocycles. The fourth-order valence-electron chi connectivity index (χ4n) is 1.41. The Hall–Kier alpha value is -2.51. The van der Waals surface area contributed by atoms with Gasteiger partial charge in [0.05, 0.1) is 12.2 Å². The summed E-state index contributed by atoms with van der Waals surface area (Å²) in [5.41, 5.74) is 0.712. The van der Waals surface area contributed by atoms with Crippen LogP contribution in [0.15, 0.2) is 18.7 Å². The van der Waals surface area contributed by atoms with E-state index in [1.807, 2.05) is 0 Å². The number of esters is 1. The summed E-state index contributed by atoms with van der Waals surface area (Å²) in [5.74, 6) is 0.0963. The van der Waals surface area contributed by atoms with Gasteiger partial charge in [0.25, 0.3) is 0 Å². The minimum absolute atomic E-state index is 0.106. The monoisotopic (exact) mass is 263 g/mol. The maximum Gasteiger partial charge on any atom is 0.344 e. The number of carbonyl (C=O) groups excluding carboxylic acids is 1. The summed E-state index contributed by atoms with van der Waals surface area (Å²) >= 11 is 0. The fraction of sp³-hybridized carbons (Fsp3) is 0.364. The van der Waals surface area contributed by atoms with Crippen LogP contribution >= 0.6 is 0 Å². The van der Waals surface area contributed by atoms with Gasteiger partial charge >= 0.3 is 12.0 Å². The Bertz CT molecular complexity index is 555. The van der Waals surface area contributed by atoms with Gasteiger partial charge in [0.1, 0.15) is 6.33 Å². The molecular formula is C11H13N5O3. The molecule has 8 heteroatoms. The van der Waals surface area contributed by atoms with Gasteiger partial charge in [0.15, 0.2) is 12.4 Å². The maximum absolute atomic E-state index is 11.1. The number of rotatable bonds is 5. The van der Waals surface area contributed by atoms with Crippen LogP contribution in [0.25, 0.3) is 11.4 Å². The lowest BCUT2D eigenvalue weighted by Crippen LogP contribution is -2.15. The molecule has 0 saturated heterocycles. The maximum atomic E-state index is 11.1. The summed E-state index contributed by atoms with van der Waals surface area (Å²) in [6.07, 6.45) is 4.66. The van der Waals surface area contributed by atoms with Crippen molar-refractivity contribution in [1.82, 2.24) is 24.7 Å². The Morgan fingerprint density at radius 1 is 1.37 bits per heavy atom. The molecule has 0 fully saturated rings. The first-order valence-corrected chi connectivity index (χ1v) is 5.65. The van der Waals surface area contributed by atoms with E-state index in [-0.39, 0.29) is 12.6 Å². The van der Waals surface area contributed by atoms with E-state index in [2.05, 4.69) is 20.1 Å². The highest BCUT2D eigenvalue weighted by atomic mass is 16.6. The van der Waals surface area contributed by atoms with Gasteiger partial charge in [-0.3, -0.25) is 0 Å². The summed E-state index contributed by atoms with van der Waals surface area (Å²) in [7, 11) is 1.71. The Labute approximate surface area is 109 Å². The Kier molecular flexibility index (Phi) is 4.01. The first kappa shape index (κ1) is 12.9. The van der Waals surface area contributed by atoms with Crippen molar-refractivity contribution in [2.45, 2.75) is 6.92 Å². The molecule has 0 aliphatic rings. The highest BCUT2D eigenvalue weighted by molar-refractivity contribution is 5.70. The number of hydrogen-bond acceptors (Lipinski definition) is 7. The Morgan fingerprint density at radius 2 is 2.11 bits per heavy atom. The standard InChI is InChI=1S/C11H13N5O3/c1-3-18-9(17)6-19-11-14-10(16(2)15-11)8-4-12-7-13-5-8/h4-5,7H,3,6H2,1-2H3. The molecule has 2 rings (SSSR count). The third-order valence-corrected chi connectivity index (χ3v) is 2.19. The first-order chi connectivity index (χ1) is 9.20. The van der Waals surface area contributed by atoms with Crippen molar-refractivity contribution in [1.29, 1.82) is 0 Å². The molecule has 0 aliphatic heterocycles. The van der Waals surface area contributed by atoms with Crippen LogP contribution < -0.4 is 4.74 Å². The lowest BCUT2D eigenvalue weighted by molar-refractivity contribution is -0.145. The molecule has 8 nitrogen and oxygen atoms in total. The van der Waals surface area contributed by atoms with Gasteiger partial charge in [-0.1, -0.05) is 0 Å². The second-order valence-corrected chi connectivity index (χ2v) is 3.56. The zero-order valence-corrected chi connectivity index (χ0v) is 10.6. The van der Waals surface area contributed by atoms with Crippen LogP contribution in [-0.2, 0) is 16.6 Å². The van der Waals surface area contributed by atoms with Crippen molar-refractivity contribution in [3.05, 3.63) is 18.7 Å². The van der Waals surface area contributed by atoms with Crippen molar-refractivity contribution < 1.29 is 14.3 Å². The molecule has 0 spiro atoms. The molecular weight excluding hydrogens is 250 g/mol. The Morgan fingerprint density at radius 3 is 2.79 bits per heavy atom. The van der Waals surface area contributed by atoms with E-state index in [0.29, 0.717) is 18.0 Å². The smallest absolute Gasteiger partial charge is 0.344 e. The highest BCUT2D eigenvalue weighted by Crippen LogP contribution is 2.16. The highest BCUT2D eigenvalue weighted by Gasteiger charge is 2.12. The lowest BCUT2D eigenvalue weighted by Gasteiger charge is -2.00. The number of aryl methyl sites for hydroxylation is 1. The van der Waals surface area contributed by atoms with Crippen molar-refractivity contribution in [3.63, 3.8) is 0 Å². The van der Waals surface area contributed by atoms with E-state index in [4.69, 9.17) is 9.47 Å². The van der Waals surface area contributed by atoms with Crippen LogP contribution in [0.2, 0.25) is 0 Å². The summed E-state index contributed by atoms with van der Waals surface area (Å²) in [6.45, 7) is 1.82. The van der Waals surface area contributed by atoms with Gasteiger partial charge in [-0.15, -0.1) is 5.10 Å². The van der Waals surface area contributed by atoms with Crippen molar-refractivity contribution in [2.24, 2.45) is 7.05 Å².